The molecule has 68 valence electrons. The fourth-order valence-electron chi connectivity index (χ4n) is 1.90. The molecule has 0 N–H and O–H groups in total. The van der Waals surface area contributed by atoms with Crippen LogP contribution in [0.1, 0.15) is 33.6 Å². The van der Waals surface area contributed by atoms with Gasteiger partial charge >= 0.3 is 0 Å². The summed E-state index contributed by atoms with van der Waals surface area (Å²) in [5.41, 5.74) is 0.429. The van der Waals surface area contributed by atoms with Crippen LogP contribution in [0, 0.1) is 11.3 Å². The second kappa shape index (κ2) is 3.41. The summed E-state index contributed by atoms with van der Waals surface area (Å²) in [6, 6.07) is 0. The van der Waals surface area contributed by atoms with Crippen molar-refractivity contribution in [1.82, 2.24) is 4.90 Å². The lowest BCUT2D eigenvalue weighted by molar-refractivity contribution is 0.113. The molecule has 1 aliphatic heterocycles. The average molecular weight is 165 g/mol. The van der Waals surface area contributed by atoms with Crippen molar-refractivity contribution in [3.05, 3.63) is 0 Å². The van der Waals surface area contributed by atoms with Crippen molar-refractivity contribution in [2.75, 3.05) is 13.6 Å². The van der Waals surface area contributed by atoms with E-state index in [2.05, 4.69) is 32.7 Å². The molecule has 0 aromatic rings. The zero-order chi connectivity index (χ0) is 9.35. The van der Waals surface area contributed by atoms with E-state index < -0.39 is 0 Å². The average Bonchev–Trinajstić information content (AvgIpc) is 1.92. The molecule has 0 aliphatic carbocycles. The molecular weight excluding hydrogens is 145 g/mol. The van der Waals surface area contributed by atoms with E-state index in [1.54, 1.807) is 0 Å². The second-order valence-corrected chi connectivity index (χ2v) is 5.14. The predicted molar refractivity (Wildman–Crippen MR) is 54.4 cm³/mol. The molecule has 1 nitrogen and oxygen atoms in total. The largest absolute Gasteiger partial charge is 0.312 e. The van der Waals surface area contributed by atoms with Crippen LogP contribution in [0.5, 0.6) is 0 Å². The minimum absolute atomic E-state index is 0.281. The molecule has 2 unspecified atom stereocenters. The Morgan fingerprint density at radius 2 is 1.92 bits per heavy atom. The summed E-state index contributed by atoms with van der Waals surface area (Å²) in [6.07, 6.45) is 2.45. The van der Waals surface area contributed by atoms with Crippen molar-refractivity contribution in [3.8, 4) is 0 Å². The summed E-state index contributed by atoms with van der Waals surface area (Å²) in [5.74, 6) is 1.08. The fourth-order valence-corrected chi connectivity index (χ4v) is 1.90. The van der Waals surface area contributed by atoms with Gasteiger partial charge in [0.1, 0.15) is 0 Å². The van der Waals surface area contributed by atoms with Crippen LogP contribution >= 0.6 is 0 Å². The molecule has 0 amide bonds. The van der Waals surface area contributed by atoms with Crippen molar-refractivity contribution in [3.63, 3.8) is 0 Å². The Balaban J connectivity index is 2.51. The van der Waals surface area contributed by atoms with Gasteiger partial charge in [-0.25, -0.2) is 0 Å². The number of rotatable bonds is 0. The van der Waals surface area contributed by atoms with Gasteiger partial charge < -0.3 is 4.90 Å². The first-order valence-corrected chi connectivity index (χ1v) is 4.87. The SMILES string of the molecule is [B]C1CC(C(C)(C)C)CCN1C. The molecule has 0 aromatic carbocycles. The van der Waals surface area contributed by atoms with Crippen LogP contribution in [-0.2, 0) is 0 Å². The van der Waals surface area contributed by atoms with E-state index in [0.29, 0.717) is 5.41 Å². The third-order valence-corrected chi connectivity index (χ3v) is 3.15. The first-order valence-electron chi connectivity index (χ1n) is 4.87. The molecule has 12 heavy (non-hydrogen) atoms. The lowest BCUT2D eigenvalue weighted by atomic mass is 9.70. The standard InChI is InChI=1S/C10H20BN/c1-10(2,3)8-5-6-12(4)9(11)7-8/h8-9H,5-7H2,1-4H3. The first kappa shape index (κ1) is 10.1. The topological polar surface area (TPSA) is 3.24 Å². The Kier molecular flexibility index (Phi) is 2.87. The van der Waals surface area contributed by atoms with Gasteiger partial charge in [-0.15, -0.1) is 0 Å². The normalized spacial score (nSPS) is 33.7. The van der Waals surface area contributed by atoms with Crippen molar-refractivity contribution in [2.45, 2.75) is 39.6 Å². The molecule has 2 atom stereocenters. The van der Waals surface area contributed by atoms with Crippen molar-refractivity contribution < 1.29 is 0 Å². The quantitative estimate of drug-likeness (QED) is 0.495. The highest BCUT2D eigenvalue weighted by Gasteiger charge is 2.30. The molecular formula is C10H20BN. The summed E-state index contributed by atoms with van der Waals surface area (Å²) >= 11 is 0. The van der Waals surface area contributed by atoms with Gasteiger partial charge in [0.2, 0.25) is 0 Å². The molecule has 0 bridgehead atoms. The van der Waals surface area contributed by atoms with Gasteiger partial charge in [0.15, 0.2) is 0 Å². The third-order valence-electron chi connectivity index (χ3n) is 3.15. The van der Waals surface area contributed by atoms with Gasteiger partial charge in [0.25, 0.3) is 0 Å². The van der Waals surface area contributed by atoms with Crippen LogP contribution in [0.3, 0.4) is 0 Å². The Morgan fingerprint density at radius 3 is 2.33 bits per heavy atom. The van der Waals surface area contributed by atoms with Crippen LogP contribution in [0.25, 0.3) is 0 Å². The minimum atomic E-state index is 0.281. The summed E-state index contributed by atoms with van der Waals surface area (Å²) in [5, 5.41) is 0. The zero-order valence-electron chi connectivity index (χ0n) is 8.80. The highest BCUT2D eigenvalue weighted by molar-refractivity contribution is 6.11. The molecule has 1 rings (SSSR count). The molecule has 1 heterocycles. The first-order chi connectivity index (χ1) is 5.41. The molecule has 0 saturated carbocycles. The van der Waals surface area contributed by atoms with Gasteiger partial charge in [-0.05, 0) is 43.7 Å². The van der Waals surface area contributed by atoms with Gasteiger partial charge in [-0.1, -0.05) is 20.8 Å². The monoisotopic (exact) mass is 165 g/mol. The maximum absolute atomic E-state index is 5.99. The highest BCUT2D eigenvalue weighted by atomic mass is 15.1. The van der Waals surface area contributed by atoms with Crippen LogP contribution in [0.4, 0.5) is 0 Å². The molecule has 0 aromatic heterocycles. The smallest absolute Gasteiger partial charge is 0.0910 e. The Morgan fingerprint density at radius 1 is 1.33 bits per heavy atom. The summed E-state index contributed by atoms with van der Waals surface area (Å²) in [6.45, 7) is 8.10. The highest BCUT2D eigenvalue weighted by Crippen LogP contribution is 2.35. The number of piperidine rings is 1. The number of hydrogen-bond acceptors (Lipinski definition) is 1. The predicted octanol–water partition coefficient (Wildman–Crippen LogP) is 1.87. The van der Waals surface area contributed by atoms with Gasteiger partial charge in [-0.2, -0.15) is 0 Å². The lowest BCUT2D eigenvalue weighted by Gasteiger charge is -2.41. The van der Waals surface area contributed by atoms with Crippen LogP contribution in [-0.4, -0.2) is 32.3 Å². The third kappa shape index (κ3) is 2.26. The Hall–Kier alpha value is 0.0249. The number of nitrogens with zero attached hydrogens (tertiary/aromatic N) is 1. The molecule has 2 radical (unpaired) electrons. The summed E-state index contributed by atoms with van der Waals surface area (Å²) in [7, 11) is 8.11. The van der Waals surface area contributed by atoms with E-state index >= 15 is 0 Å². The zero-order valence-corrected chi connectivity index (χ0v) is 8.80. The Bertz CT molecular complexity index is 150. The fraction of sp³-hybridized carbons (Fsp3) is 1.00. The van der Waals surface area contributed by atoms with E-state index in [1.807, 2.05) is 0 Å². The molecule has 1 saturated heterocycles. The van der Waals surface area contributed by atoms with E-state index in [9.17, 15) is 0 Å². The molecule has 2 heteroatoms. The molecule has 0 spiro atoms. The molecule has 1 fully saturated rings. The van der Waals surface area contributed by atoms with Crippen molar-refractivity contribution in [2.24, 2.45) is 11.3 Å². The van der Waals surface area contributed by atoms with Crippen LogP contribution in [0.15, 0.2) is 0 Å². The number of hydrogen-bond donors (Lipinski definition) is 0. The summed E-state index contributed by atoms with van der Waals surface area (Å²) in [4.78, 5) is 2.25. The van der Waals surface area contributed by atoms with Crippen LogP contribution in [0.2, 0.25) is 0 Å². The van der Waals surface area contributed by atoms with Crippen molar-refractivity contribution >= 4 is 7.85 Å². The summed E-state index contributed by atoms with van der Waals surface area (Å²) < 4.78 is 0. The minimum Gasteiger partial charge on any atom is -0.312 e. The number of likely N-dealkylation sites (tertiary alicyclic amines) is 1. The van der Waals surface area contributed by atoms with E-state index in [1.165, 1.54) is 6.42 Å². The van der Waals surface area contributed by atoms with E-state index in [-0.39, 0.29) is 5.94 Å². The van der Waals surface area contributed by atoms with E-state index in [0.717, 1.165) is 18.9 Å². The van der Waals surface area contributed by atoms with E-state index in [4.69, 9.17) is 7.85 Å². The van der Waals surface area contributed by atoms with Crippen LogP contribution < -0.4 is 0 Å². The Labute approximate surface area is 77.9 Å². The van der Waals surface area contributed by atoms with Crippen molar-refractivity contribution in [1.29, 1.82) is 0 Å². The van der Waals surface area contributed by atoms with Gasteiger partial charge in [0, 0.05) is 0 Å². The van der Waals surface area contributed by atoms with Gasteiger partial charge in [0.05, 0.1) is 7.85 Å². The molecule has 1 aliphatic rings. The second-order valence-electron chi connectivity index (χ2n) is 5.14. The van der Waals surface area contributed by atoms with Gasteiger partial charge in [-0.3, -0.25) is 0 Å². The maximum Gasteiger partial charge on any atom is 0.0910 e. The maximum atomic E-state index is 5.99. The lowest BCUT2D eigenvalue weighted by Crippen LogP contribution is -2.43.